The summed E-state index contributed by atoms with van der Waals surface area (Å²) in [6, 6.07) is 12.0. The van der Waals surface area contributed by atoms with Crippen LogP contribution in [0.4, 0.5) is 0 Å². The monoisotopic (exact) mass is 479 g/mol. The molecule has 1 aromatic carbocycles. The molecule has 1 aliphatic carbocycles. The van der Waals surface area contributed by atoms with Crippen molar-refractivity contribution >= 4 is 33.4 Å². The van der Waals surface area contributed by atoms with Gasteiger partial charge < -0.3 is 19.5 Å². The summed E-state index contributed by atoms with van der Waals surface area (Å²) >= 11 is 1.62. The molecule has 34 heavy (non-hydrogen) atoms. The lowest BCUT2D eigenvalue weighted by atomic mass is 9.91. The number of carbonyl (C=O) groups is 2. The van der Waals surface area contributed by atoms with Crippen LogP contribution in [0.5, 0.6) is 5.75 Å². The predicted octanol–water partition coefficient (Wildman–Crippen LogP) is 5.35. The zero-order chi connectivity index (χ0) is 23.9. The lowest BCUT2D eigenvalue weighted by Gasteiger charge is -2.44. The fraction of sp³-hybridized carbons (Fsp3) is 0.481. The second-order valence-corrected chi connectivity index (χ2v) is 11.0. The molecule has 0 radical (unpaired) electrons. The van der Waals surface area contributed by atoms with E-state index in [1.54, 1.807) is 16.2 Å². The molecule has 1 atom stereocenters. The van der Waals surface area contributed by atoms with Gasteiger partial charge in [-0.05, 0) is 68.8 Å². The van der Waals surface area contributed by atoms with Gasteiger partial charge in [0.25, 0.3) is 5.91 Å². The van der Waals surface area contributed by atoms with Gasteiger partial charge in [-0.25, -0.2) is 0 Å². The molecule has 3 aromatic rings. The first-order valence-electron chi connectivity index (χ1n) is 12.3. The van der Waals surface area contributed by atoms with Crippen molar-refractivity contribution < 1.29 is 14.3 Å². The largest absolute Gasteiger partial charge is 0.491 e. The Balaban J connectivity index is 1.47. The maximum Gasteiger partial charge on any atom is 0.271 e. The minimum absolute atomic E-state index is 0.0587. The van der Waals surface area contributed by atoms with E-state index in [1.165, 1.54) is 6.42 Å². The molecular formula is C27H33N3O3S. The number of benzene rings is 1. The van der Waals surface area contributed by atoms with Crippen molar-refractivity contribution in [2.24, 2.45) is 0 Å². The molecule has 6 nitrogen and oxygen atoms in total. The molecule has 1 aliphatic heterocycles. The van der Waals surface area contributed by atoms with E-state index in [9.17, 15) is 9.59 Å². The van der Waals surface area contributed by atoms with E-state index >= 15 is 0 Å². The quantitative estimate of drug-likeness (QED) is 0.518. The summed E-state index contributed by atoms with van der Waals surface area (Å²) in [5.74, 6) is 0.644. The van der Waals surface area contributed by atoms with Crippen LogP contribution >= 0.6 is 11.3 Å². The van der Waals surface area contributed by atoms with Crippen molar-refractivity contribution in [3.8, 4) is 5.75 Å². The van der Waals surface area contributed by atoms with Crippen molar-refractivity contribution in [3.05, 3.63) is 53.0 Å². The maximum atomic E-state index is 13.8. The normalized spacial score (nSPS) is 21.2. The van der Waals surface area contributed by atoms with Crippen molar-refractivity contribution in [1.29, 1.82) is 0 Å². The summed E-state index contributed by atoms with van der Waals surface area (Å²) in [7, 11) is 0. The molecular weight excluding hydrogens is 446 g/mol. The summed E-state index contributed by atoms with van der Waals surface area (Å²) in [5.41, 5.74) is 0.650. The molecule has 2 amide bonds. The number of thiophene rings is 1. The third kappa shape index (κ3) is 4.22. The van der Waals surface area contributed by atoms with Crippen molar-refractivity contribution in [2.45, 2.75) is 83.6 Å². The molecule has 180 valence electrons. The number of nitrogens with zero attached hydrogens (tertiary/aromatic N) is 2. The average molecular weight is 480 g/mol. The number of hydrogen-bond acceptors (Lipinski definition) is 4. The lowest BCUT2D eigenvalue weighted by molar-refractivity contribution is -0.134. The first-order chi connectivity index (χ1) is 16.3. The molecule has 0 bridgehead atoms. The number of nitrogens with one attached hydrogen (secondary N) is 1. The number of amides is 2. The highest BCUT2D eigenvalue weighted by atomic mass is 32.1. The maximum absolute atomic E-state index is 13.8. The summed E-state index contributed by atoms with van der Waals surface area (Å²) < 4.78 is 7.81. The summed E-state index contributed by atoms with van der Waals surface area (Å²) in [4.78, 5) is 30.4. The number of fused-ring (bicyclic) bond motifs is 3. The fourth-order valence-electron chi connectivity index (χ4n) is 5.22. The van der Waals surface area contributed by atoms with Crippen molar-refractivity contribution in [1.82, 2.24) is 14.8 Å². The second kappa shape index (κ2) is 9.10. The zero-order valence-corrected chi connectivity index (χ0v) is 21.0. The molecule has 0 unspecified atom stereocenters. The number of hydrogen-bond donors (Lipinski definition) is 1. The molecule has 0 saturated heterocycles. The van der Waals surface area contributed by atoms with Crippen LogP contribution in [0.15, 0.2) is 41.8 Å². The van der Waals surface area contributed by atoms with Gasteiger partial charge in [-0.1, -0.05) is 31.4 Å². The van der Waals surface area contributed by atoms with Gasteiger partial charge in [0.15, 0.2) is 0 Å². The zero-order valence-electron chi connectivity index (χ0n) is 20.2. The minimum Gasteiger partial charge on any atom is -0.491 e. The van der Waals surface area contributed by atoms with Gasteiger partial charge in [0, 0.05) is 18.0 Å². The molecule has 2 aliphatic rings. The Bertz CT molecular complexity index is 1190. The fourth-order valence-corrected chi connectivity index (χ4v) is 6.12. The van der Waals surface area contributed by atoms with Crippen LogP contribution in [-0.4, -0.2) is 39.0 Å². The van der Waals surface area contributed by atoms with Crippen LogP contribution < -0.4 is 10.1 Å². The third-order valence-electron chi connectivity index (χ3n) is 7.09. The number of aromatic nitrogens is 1. The van der Waals surface area contributed by atoms with Crippen LogP contribution in [0.25, 0.3) is 10.2 Å². The minimum atomic E-state index is -0.982. The van der Waals surface area contributed by atoms with Gasteiger partial charge in [0.1, 0.15) is 21.8 Å². The third-order valence-corrected chi connectivity index (χ3v) is 8.05. The van der Waals surface area contributed by atoms with Crippen molar-refractivity contribution in [3.63, 3.8) is 0 Å². The molecule has 3 heterocycles. The van der Waals surface area contributed by atoms with E-state index in [0.717, 1.165) is 47.2 Å². The van der Waals surface area contributed by atoms with E-state index in [-0.39, 0.29) is 24.0 Å². The van der Waals surface area contributed by atoms with Crippen molar-refractivity contribution in [2.75, 3.05) is 0 Å². The Hall–Kier alpha value is -2.80. The van der Waals surface area contributed by atoms with Gasteiger partial charge in [-0.15, -0.1) is 11.3 Å². The topological polar surface area (TPSA) is 63.6 Å². The first-order valence-corrected chi connectivity index (χ1v) is 13.2. The summed E-state index contributed by atoms with van der Waals surface area (Å²) in [5, 5.41) is 6.39. The highest BCUT2D eigenvalue weighted by Crippen LogP contribution is 2.36. The first kappa shape index (κ1) is 23.0. The summed E-state index contributed by atoms with van der Waals surface area (Å²) in [6.45, 7) is 6.73. The van der Waals surface area contributed by atoms with Crippen LogP contribution in [0, 0.1) is 0 Å². The second-order valence-electron chi connectivity index (χ2n) is 10.1. The summed E-state index contributed by atoms with van der Waals surface area (Å²) in [6.07, 6.45) is 5.64. The van der Waals surface area contributed by atoms with Gasteiger partial charge >= 0.3 is 0 Å². The van der Waals surface area contributed by atoms with E-state index in [0.29, 0.717) is 18.8 Å². The Kier molecular flexibility index (Phi) is 6.15. The van der Waals surface area contributed by atoms with Crippen LogP contribution in [0.3, 0.4) is 0 Å². The molecule has 1 saturated carbocycles. The van der Waals surface area contributed by atoms with E-state index in [2.05, 4.69) is 5.32 Å². The number of carbonyl (C=O) groups excluding carboxylic acids is 2. The SMILES string of the molecule is CC(C)Oc1ccc(CN2C(=O)c3cc4ccsc4n3C[C@]2(C)C(=O)NC2CCCCC2)cc1. The number of ether oxygens (including phenoxy) is 1. The average Bonchev–Trinajstić information content (AvgIpc) is 3.40. The molecule has 0 spiro atoms. The van der Waals surface area contributed by atoms with Gasteiger partial charge in [0.05, 0.1) is 12.6 Å². The highest BCUT2D eigenvalue weighted by molar-refractivity contribution is 7.16. The van der Waals surface area contributed by atoms with Gasteiger partial charge in [-0.2, -0.15) is 0 Å². The van der Waals surface area contributed by atoms with Gasteiger partial charge in [-0.3, -0.25) is 9.59 Å². The molecule has 1 N–H and O–H groups in total. The highest BCUT2D eigenvalue weighted by Gasteiger charge is 2.48. The number of rotatable bonds is 6. The molecule has 7 heteroatoms. The van der Waals surface area contributed by atoms with Crippen LogP contribution in [-0.2, 0) is 17.9 Å². The smallest absolute Gasteiger partial charge is 0.271 e. The predicted molar refractivity (Wildman–Crippen MR) is 135 cm³/mol. The van der Waals surface area contributed by atoms with Gasteiger partial charge in [0.2, 0.25) is 5.91 Å². The van der Waals surface area contributed by atoms with Crippen LogP contribution in [0.2, 0.25) is 0 Å². The molecule has 5 rings (SSSR count). The van der Waals surface area contributed by atoms with Crippen LogP contribution in [0.1, 0.15) is 68.9 Å². The van der Waals surface area contributed by atoms with E-state index in [1.807, 2.05) is 67.1 Å². The lowest BCUT2D eigenvalue weighted by Crippen LogP contribution is -2.64. The van der Waals surface area contributed by atoms with E-state index in [4.69, 9.17) is 4.74 Å². The Morgan fingerprint density at radius 2 is 1.91 bits per heavy atom. The Morgan fingerprint density at radius 3 is 2.62 bits per heavy atom. The molecule has 2 aromatic heterocycles. The standard InChI is InChI=1S/C27H33N3O3S/c1-18(2)33-22-11-9-19(10-12-22)16-30-24(31)23-15-20-13-14-34-25(20)29(23)17-27(30,3)26(32)28-21-7-5-4-6-8-21/h9-15,18,21H,4-8,16-17H2,1-3H3,(H,28,32)/t27-/m1/s1. The Labute approximate surface area is 204 Å². The van der Waals surface area contributed by atoms with E-state index < -0.39 is 5.54 Å². The Morgan fingerprint density at radius 1 is 1.18 bits per heavy atom. The molecule has 1 fully saturated rings.